The Bertz CT molecular complexity index is 479. The topological polar surface area (TPSA) is 112 Å². The van der Waals surface area contributed by atoms with Crippen molar-refractivity contribution < 1.29 is 14.3 Å². The van der Waals surface area contributed by atoms with Gasteiger partial charge < -0.3 is 15.8 Å². The summed E-state index contributed by atoms with van der Waals surface area (Å²) in [6.45, 7) is 1.19. The van der Waals surface area contributed by atoms with Crippen LogP contribution in [0.25, 0.3) is 0 Å². The van der Waals surface area contributed by atoms with E-state index in [2.05, 4.69) is 15.6 Å². The van der Waals surface area contributed by atoms with Crippen molar-refractivity contribution in [3.05, 3.63) is 11.4 Å². The largest absolute Gasteiger partial charge is 0.464 e. The Hall–Kier alpha value is -1.96. The van der Waals surface area contributed by atoms with Gasteiger partial charge in [0.25, 0.3) is 0 Å². The lowest BCUT2D eigenvalue weighted by atomic mass is 10.1. The molecule has 8 nitrogen and oxygen atoms in total. The van der Waals surface area contributed by atoms with E-state index < -0.39 is 11.9 Å². The maximum atomic E-state index is 11.7. The normalized spacial score (nSPS) is 18.5. The Kier molecular flexibility index (Phi) is 4.10. The molecule has 0 saturated carbocycles. The molecule has 19 heavy (non-hydrogen) atoms. The molecule has 1 aromatic rings. The molecule has 1 aliphatic heterocycles. The number of amides is 1. The van der Waals surface area contributed by atoms with Gasteiger partial charge in [-0.15, -0.1) is 5.10 Å². The zero-order chi connectivity index (χ0) is 13.8. The summed E-state index contributed by atoms with van der Waals surface area (Å²) >= 11 is 0. The zero-order valence-corrected chi connectivity index (χ0v) is 10.8. The van der Waals surface area contributed by atoms with Crippen LogP contribution in [0, 0.1) is 0 Å². The van der Waals surface area contributed by atoms with Crippen molar-refractivity contribution in [3.63, 3.8) is 0 Å². The highest BCUT2D eigenvalue weighted by molar-refractivity contribution is 5.88. The number of methoxy groups -OCH3 is 1. The fourth-order valence-electron chi connectivity index (χ4n) is 2.21. The predicted molar refractivity (Wildman–Crippen MR) is 65.2 cm³/mol. The SMILES string of the molecule is COC(=O)c1nnn(CCC(N)=O)c1C1CCCN1. The van der Waals surface area contributed by atoms with Gasteiger partial charge >= 0.3 is 5.97 Å². The quantitative estimate of drug-likeness (QED) is 0.686. The summed E-state index contributed by atoms with van der Waals surface area (Å²) in [5, 5.41) is 11.1. The number of esters is 1. The van der Waals surface area contributed by atoms with Gasteiger partial charge in [-0.3, -0.25) is 4.79 Å². The second kappa shape index (κ2) is 5.79. The van der Waals surface area contributed by atoms with Gasteiger partial charge in [0.15, 0.2) is 5.69 Å². The van der Waals surface area contributed by atoms with Crippen molar-refractivity contribution in [2.45, 2.75) is 31.8 Å². The Morgan fingerprint density at radius 1 is 1.58 bits per heavy atom. The number of primary amides is 1. The van der Waals surface area contributed by atoms with E-state index in [1.807, 2.05) is 0 Å². The van der Waals surface area contributed by atoms with Crippen LogP contribution >= 0.6 is 0 Å². The Morgan fingerprint density at radius 3 is 2.95 bits per heavy atom. The average Bonchev–Trinajstić information content (AvgIpc) is 3.03. The molecule has 0 bridgehead atoms. The minimum Gasteiger partial charge on any atom is -0.464 e. The number of aryl methyl sites for hydroxylation is 1. The highest BCUT2D eigenvalue weighted by Gasteiger charge is 2.29. The minimum absolute atomic E-state index is 0.0111. The van der Waals surface area contributed by atoms with E-state index >= 15 is 0 Å². The summed E-state index contributed by atoms with van der Waals surface area (Å²) in [6.07, 6.45) is 2.07. The van der Waals surface area contributed by atoms with Crippen molar-refractivity contribution in [3.8, 4) is 0 Å². The van der Waals surface area contributed by atoms with Crippen LogP contribution in [-0.4, -0.2) is 40.5 Å². The molecule has 0 radical (unpaired) electrons. The van der Waals surface area contributed by atoms with Gasteiger partial charge in [0, 0.05) is 6.42 Å². The Morgan fingerprint density at radius 2 is 2.37 bits per heavy atom. The molecule has 2 rings (SSSR count). The van der Waals surface area contributed by atoms with Crippen molar-refractivity contribution in [1.82, 2.24) is 20.3 Å². The summed E-state index contributed by atoms with van der Waals surface area (Å²) in [4.78, 5) is 22.5. The molecule has 0 aliphatic carbocycles. The molecular formula is C11H17N5O3. The van der Waals surface area contributed by atoms with Crippen LogP contribution in [-0.2, 0) is 16.1 Å². The number of carbonyl (C=O) groups is 2. The molecule has 1 aliphatic rings. The van der Waals surface area contributed by atoms with E-state index in [4.69, 9.17) is 10.5 Å². The molecule has 1 unspecified atom stereocenters. The predicted octanol–water partition coefficient (Wildman–Crippen LogP) is -0.635. The van der Waals surface area contributed by atoms with Crippen LogP contribution in [0.2, 0.25) is 0 Å². The lowest BCUT2D eigenvalue weighted by Gasteiger charge is -2.13. The van der Waals surface area contributed by atoms with Gasteiger partial charge in [-0.1, -0.05) is 5.21 Å². The molecule has 2 heterocycles. The summed E-state index contributed by atoms with van der Waals surface area (Å²) in [7, 11) is 1.30. The lowest BCUT2D eigenvalue weighted by Crippen LogP contribution is -2.22. The standard InChI is InChI=1S/C11H17N5O3/c1-19-11(18)9-10(7-3-2-5-13-7)16(15-14-9)6-4-8(12)17/h7,13H,2-6H2,1H3,(H2,12,17). The molecule has 1 aromatic heterocycles. The second-order valence-electron chi connectivity index (χ2n) is 4.40. The summed E-state index contributed by atoms with van der Waals surface area (Å²) < 4.78 is 6.26. The molecular weight excluding hydrogens is 250 g/mol. The molecule has 1 atom stereocenters. The molecule has 8 heteroatoms. The van der Waals surface area contributed by atoms with E-state index in [1.54, 1.807) is 4.68 Å². The molecule has 104 valence electrons. The fraction of sp³-hybridized carbons (Fsp3) is 0.636. The number of hydrogen-bond acceptors (Lipinski definition) is 6. The number of nitrogens with zero attached hydrogens (tertiary/aromatic N) is 3. The van der Waals surface area contributed by atoms with Crippen LogP contribution in [0.1, 0.15) is 41.5 Å². The summed E-state index contributed by atoms with van der Waals surface area (Å²) in [5.74, 6) is -0.936. The zero-order valence-electron chi connectivity index (χ0n) is 10.8. The van der Waals surface area contributed by atoms with E-state index in [0.29, 0.717) is 12.2 Å². The molecule has 0 spiro atoms. The van der Waals surface area contributed by atoms with Crippen LogP contribution in [0.4, 0.5) is 0 Å². The van der Waals surface area contributed by atoms with Crippen molar-refractivity contribution in [1.29, 1.82) is 0 Å². The third-order valence-electron chi connectivity index (χ3n) is 3.11. The first-order valence-electron chi connectivity index (χ1n) is 6.17. The minimum atomic E-state index is -0.519. The highest BCUT2D eigenvalue weighted by Crippen LogP contribution is 2.25. The number of nitrogens with two attached hydrogens (primary N) is 1. The number of hydrogen-bond donors (Lipinski definition) is 2. The molecule has 0 aromatic carbocycles. The van der Waals surface area contributed by atoms with Crippen molar-refractivity contribution >= 4 is 11.9 Å². The number of ether oxygens (including phenoxy) is 1. The summed E-state index contributed by atoms with van der Waals surface area (Å²) in [6, 6.07) is 0.0111. The maximum absolute atomic E-state index is 11.7. The number of nitrogens with one attached hydrogen (secondary N) is 1. The van der Waals surface area contributed by atoms with Crippen LogP contribution in [0.3, 0.4) is 0 Å². The average molecular weight is 267 g/mol. The molecule has 1 amide bonds. The van der Waals surface area contributed by atoms with E-state index in [1.165, 1.54) is 7.11 Å². The van der Waals surface area contributed by atoms with Gasteiger partial charge in [0.05, 0.1) is 25.4 Å². The number of rotatable bonds is 5. The van der Waals surface area contributed by atoms with Crippen molar-refractivity contribution in [2.24, 2.45) is 5.73 Å². The van der Waals surface area contributed by atoms with E-state index in [-0.39, 0.29) is 18.2 Å². The number of aromatic nitrogens is 3. The smallest absolute Gasteiger partial charge is 0.360 e. The maximum Gasteiger partial charge on any atom is 0.360 e. The second-order valence-corrected chi connectivity index (χ2v) is 4.40. The Labute approximate surface area is 110 Å². The first kappa shape index (κ1) is 13.5. The molecule has 3 N–H and O–H groups in total. The first-order valence-corrected chi connectivity index (χ1v) is 6.17. The van der Waals surface area contributed by atoms with E-state index in [0.717, 1.165) is 19.4 Å². The van der Waals surface area contributed by atoms with Crippen LogP contribution in [0.5, 0.6) is 0 Å². The van der Waals surface area contributed by atoms with Crippen molar-refractivity contribution in [2.75, 3.05) is 13.7 Å². The fourth-order valence-corrected chi connectivity index (χ4v) is 2.21. The third-order valence-corrected chi connectivity index (χ3v) is 3.11. The van der Waals surface area contributed by atoms with Gasteiger partial charge in [-0.25, -0.2) is 9.48 Å². The molecule has 1 fully saturated rings. The monoisotopic (exact) mass is 267 g/mol. The lowest BCUT2D eigenvalue weighted by molar-refractivity contribution is -0.118. The summed E-state index contributed by atoms with van der Waals surface area (Å²) in [5.41, 5.74) is 6.00. The van der Waals surface area contributed by atoms with Gasteiger partial charge in [-0.05, 0) is 19.4 Å². The van der Waals surface area contributed by atoms with Crippen LogP contribution in [0.15, 0.2) is 0 Å². The number of carbonyl (C=O) groups excluding carboxylic acids is 2. The van der Waals surface area contributed by atoms with Crippen LogP contribution < -0.4 is 11.1 Å². The first-order chi connectivity index (χ1) is 9.13. The van der Waals surface area contributed by atoms with E-state index in [9.17, 15) is 9.59 Å². The Balaban J connectivity index is 2.29. The highest BCUT2D eigenvalue weighted by atomic mass is 16.5. The van der Waals surface area contributed by atoms with Gasteiger partial charge in [0.2, 0.25) is 5.91 Å². The molecule has 1 saturated heterocycles. The van der Waals surface area contributed by atoms with Gasteiger partial charge in [-0.2, -0.15) is 0 Å². The third kappa shape index (κ3) is 2.90. The van der Waals surface area contributed by atoms with Gasteiger partial charge in [0.1, 0.15) is 0 Å².